The first kappa shape index (κ1) is 18.7. The number of benzene rings is 2. The van der Waals surface area contributed by atoms with Crippen molar-refractivity contribution in [1.82, 2.24) is 4.57 Å². The number of hydrogen-bond acceptors (Lipinski definition) is 3. The van der Waals surface area contributed by atoms with Gasteiger partial charge in [0.15, 0.2) is 4.80 Å². The fourth-order valence-corrected chi connectivity index (χ4v) is 4.01. The van der Waals surface area contributed by atoms with Gasteiger partial charge in [-0.1, -0.05) is 42.3 Å². The monoisotopic (exact) mass is 388 g/mol. The van der Waals surface area contributed by atoms with Crippen molar-refractivity contribution in [2.75, 3.05) is 6.61 Å². The Morgan fingerprint density at radius 2 is 2.08 bits per heavy atom. The molecule has 136 valence electrons. The standard InChI is InChI=1S/C20H21ClN2O2S/c1-3-5-11-25-16-8-6-7-14(12-16)19(24)22-20-23(4-2)17-10-9-15(21)13-18(17)26-20/h6-10,12-13H,3-5,11H2,1-2H3. The highest BCUT2D eigenvalue weighted by molar-refractivity contribution is 7.16. The summed E-state index contributed by atoms with van der Waals surface area (Å²) in [6.07, 6.45) is 2.06. The number of ether oxygens (including phenoxy) is 1. The third-order valence-electron chi connectivity index (χ3n) is 4.01. The van der Waals surface area contributed by atoms with Crippen LogP contribution in [0.2, 0.25) is 5.02 Å². The quantitative estimate of drug-likeness (QED) is 0.538. The van der Waals surface area contributed by atoms with Gasteiger partial charge in [-0.3, -0.25) is 4.79 Å². The molecule has 1 aromatic heterocycles. The molecule has 0 atom stereocenters. The van der Waals surface area contributed by atoms with E-state index in [-0.39, 0.29) is 5.91 Å². The number of aromatic nitrogens is 1. The van der Waals surface area contributed by atoms with Gasteiger partial charge >= 0.3 is 0 Å². The summed E-state index contributed by atoms with van der Waals surface area (Å²) in [4.78, 5) is 17.7. The van der Waals surface area contributed by atoms with E-state index in [0.717, 1.165) is 29.6 Å². The van der Waals surface area contributed by atoms with Crippen LogP contribution in [0.3, 0.4) is 0 Å². The number of rotatable bonds is 6. The first-order valence-electron chi connectivity index (χ1n) is 8.73. The van der Waals surface area contributed by atoms with E-state index in [1.165, 1.54) is 11.3 Å². The van der Waals surface area contributed by atoms with Gasteiger partial charge in [-0.25, -0.2) is 0 Å². The van der Waals surface area contributed by atoms with Crippen LogP contribution in [0.15, 0.2) is 47.5 Å². The normalized spacial score (nSPS) is 11.9. The van der Waals surface area contributed by atoms with E-state index in [9.17, 15) is 4.79 Å². The Morgan fingerprint density at radius 3 is 2.85 bits per heavy atom. The zero-order valence-electron chi connectivity index (χ0n) is 14.9. The van der Waals surface area contributed by atoms with Crippen LogP contribution in [0.5, 0.6) is 5.75 Å². The molecule has 0 N–H and O–H groups in total. The van der Waals surface area contributed by atoms with Gasteiger partial charge in [-0.15, -0.1) is 0 Å². The Bertz CT molecular complexity index is 991. The minimum absolute atomic E-state index is 0.272. The summed E-state index contributed by atoms with van der Waals surface area (Å²) in [6.45, 7) is 5.53. The molecule has 1 heterocycles. The first-order chi connectivity index (χ1) is 12.6. The van der Waals surface area contributed by atoms with Crippen molar-refractivity contribution in [3.05, 3.63) is 57.9 Å². The molecule has 0 unspecified atom stereocenters. The van der Waals surface area contributed by atoms with Crippen LogP contribution in [0.1, 0.15) is 37.0 Å². The molecule has 0 saturated carbocycles. The predicted molar refractivity (Wildman–Crippen MR) is 107 cm³/mol. The van der Waals surface area contributed by atoms with Crippen LogP contribution in [0, 0.1) is 0 Å². The van der Waals surface area contributed by atoms with Gasteiger partial charge in [-0.2, -0.15) is 4.99 Å². The molecular weight excluding hydrogens is 368 g/mol. The highest BCUT2D eigenvalue weighted by Gasteiger charge is 2.09. The van der Waals surface area contributed by atoms with Gasteiger partial charge in [0.05, 0.1) is 16.8 Å². The Kier molecular flexibility index (Phi) is 6.12. The second-order valence-electron chi connectivity index (χ2n) is 5.89. The van der Waals surface area contributed by atoms with Gasteiger partial charge in [0.2, 0.25) is 0 Å². The van der Waals surface area contributed by atoms with Gasteiger partial charge in [0, 0.05) is 17.1 Å². The summed E-state index contributed by atoms with van der Waals surface area (Å²) >= 11 is 7.55. The van der Waals surface area contributed by atoms with Crippen LogP contribution < -0.4 is 9.54 Å². The molecule has 4 nitrogen and oxygen atoms in total. The fourth-order valence-electron chi connectivity index (χ4n) is 2.64. The summed E-state index contributed by atoms with van der Waals surface area (Å²) < 4.78 is 8.72. The van der Waals surface area contributed by atoms with E-state index in [1.54, 1.807) is 12.1 Å². The number of nitrogens with zero attached hydrogens (tertiary/aromatic N) is 2. The SMILES string of the molecule is CCCCOc1cccc(C(=O)N=c2sc3cc(Cl)ccc3n2CC)c1. The third kappa shape index (κ3) is 4.17. The molecule has 0 radical (unpaired) electrons. The molecule has 0 bridgehead atoms. The van der Waals surface area contributed by atoms with Crippen molar-refractivity contribution >= 4 is 39.1 Å². The van der Waals surface area contributed by atoms with Crippen LogP contribution >= 0.6 is 22.9 Å². The Hall–Kier alpha value is -2.11. The number of fused-ring (bicyclic) bond motifs is 1. The Morgan fingerprint density at radius 1 is 1.23 bits per heavy atom. The molecule has 0 aliphatic rings. The Balaban J connectivity index is 1.93. The summed E-state index contributed by atoms with van der Waals surface area (Å²) in [6, 6.07) is 12.9. The second kappa shape index (κ2) is 8.52. The molecule has 6 heteroatoms. The molecule has 0 aliphatic heterocycles. The van der Waals surface area contributed by atoms with E-state index >= 15 is 0 Å². The van der Waals surface area contributed by atoms with Crippen molar-refractivity contribution in [2.24, 2.45) is 4.99 Å². The highest BCUT2D eigenvalue weighted by atomic mass is 35.5. The van der Waals surface area contributed by atoms with Crippen molar-refractivity contribution in [1.29, 1.82) is 0 Å². The number of amides is 1. The number of unbranched alkanes of at least 4 members (excludes halogenated alkanes) is 1. The number of thiazole rings is 1. The van der Waals surface area contributed by atoms with Crippen molar-refractivity contribution < 1.29 is 9.53 Å². The lowest BCUT2D eigenvalue weighted by atomic mass is 10.2. The van der Waals surface area contributed by atoms with E-state index in [0.29, 0.717) is 27.7 Å². The zero-order valence-corrected chi connectivity index (χ0v) is 16.4. The van der Waals surface area contributed by atoms with Crippen LogP contribution in [0.4, 0.5) is 0 Å². The lowest BCUT2D eigenvalue weighted by molar-refractivity contribution is 0.0997. The average molecular weight is 389 g/mol. The predicted octanol–water partition coefficient (Wildman–Crippen LogP) is 5.30. The molecule has 0 spiro atoms. The maximum Gasteiger partial charge on any atom is 0.279 e. The molecule has 0 saturated heterocycles. The third-order valence-corrected chi connectivity index (χ3v) is 5.28. The molecule has 3 aromatic rings. The minimum atomic E-state index is -0.272. The first-order valence-corrected chi connectivity index (χ1v) is 9.92. The topological polar surface area (TPSA) is 43.6 Å². The molecule has 26 heavy (non-hydrogen) atoms. The maximum absolute atomic E-state index is 12.7. The van der Waals surface area contributed by atoms with E-state index < -0.39 is 0 Å². The van der Waals surface area contributed by atoms with Gasteiger partial charge in [0.1, 0.15) is 5.75 Å². The zero-order chi connectivity index (χ0) is 18.5. The van der Waals surface area contributed by atoms with Crippen LogP contribution in [0.25, 0.3) is 10.2 Å². The highest BCUT2D eigenvalue weighted by Crippen LogP contribution is 2.22. The van der Waals surface area contributed by atoms with Crippen LogP contribution in [-0.2, 0) is 6.54 Å². The summed E-state index contributed by atoms with van der Waals surface area (Å²) in [5.41, 5.74) is 1.56. The molecule has 2 aromatic carbocycles. The maximum atomic E-state index is 12.7. The van der Waals surface area contributed by atoms with Crippen molar-refractivity contribution in [2.45, 2.75) is 33.2 Å². The van der Waals surface area contributed by atoms with Crippen molar-refractivity contribution in [3.8, 4) is 5.75 Å². The van der Waals surface area contributed by atoms with Gasteiger partial charge < -0.3 is 9.30 Å². The van der Waals surface area contributed by atoms with E-state index in [1.807, 2.05) is 41.8 Å². The van der Waals surface area contributed by atoms with Gasteiger partial charge in [-0.05, 0) is 49.7 Å². The van der Waals surface area contributed by atoms with E-state index in [4.69, 9.17) is 16.3 Å². The number of carbonyl (C=O) groups is 1. The smallest absolute Gasteiger partial charge is 0.279 e. The summed E-state index contributed by atoms with van der Waals surface area (Å²) in [7, 11) is 0. The number of aryl methyl sites for hydroxylation is 1. The molecule has 0 aliphatic carbocycles. The molecule has 1 amide bonds. The van der Waals surface area contributed by atoms with Gasteiger partial charge in [0.25, 0.3) is 5.91 Å². The van der Waals surface area contributed by atoms with E-state index in [2.05, 4.69) is 11.9 Å². The summed E-state index contributed by atoms with van der Waals surface area (Å²) in [5, 5.41) is 0.678. The largest absolute Gasteiger partial charge is 0.494 e. The minimum Gasteiger partial charge on any atom is -0.494 e. The second-order valence-corrected chi connectivity index (χ2v) is 7.33. The number of carbonyl (C=O) groups excluding carboxylic acids is 1. The van der Waals surface area contributed by atoms with Crippen molar-refractivity contribution in [3.63, 3.8) is 0 Å². The molecule has 0 fully saturated rings. The number of hydrogen-bond donors (Lipinski definition) is 0. The lowest BCUT2D eigenvalue weighted by Gasteiger charge is -2.06. The Labute approximate surface area is 161 Å². The average Bonchev–Trinajstić information content (AvgIpc) is 2.98. The fraction of sp³-hybridized carbons (Fsp3) is 0.300. The van der Waals surface area contributed by atoms with Crippen LogP contribution in [-0.4, -0.2) is 17.1 Å². The number of halogens is 1. The summed E-state index contributed by atoms with van der Waals surface area (Å²) in [5.74, 6) is 0.428. The molecule has 3 rings (SSSR count). The molecular formula is C20H21ClN2O2S. The lowest BCUT2D eigenvalue weighted by Crippen LogP contribution is -2.15.